The third-order valence-corrected chi connectivity index (χ3v) is 4.11. The molecule has 0 aliphatic carbocycles. The average molecular weight is 295 g/mol. The molecule has 0 saturated heterocycles. The van der Waals surface area contributed by atoms with Gasteiger partial charge in [-0.2, -0.15) is 0 Å². The molecule has 1 atom stereocenters. The van der Waals surface area contributed by atoms with Crippen LogP contribution in [-0.4, -0.2) is 30.4 Å². The normalized spacial score (nSPS) is 13.5. The molecular formula is C8H11BrN2O3S. The summed E-state index contributed by atoms with van der Waals surface area (Å²) in [7, 11) is -3.58. The molecule has 1 unspecified atom stereocenters. The van der Waals surface area contributed by atoms with Crippen molar-refractivity contribution in [2.24, 2.45) is 0 Å². The first-order chi connectivity index (χ1) is 6.97. The Labute approximate surface area is 96.7 Å². The Balaban J connectivity index is 2.92. The summed E-state index contributed by atoms with van der Waals surface area (Å²) >= 11 is 3.17. The van der Waals surface area contributed by atoms with Crippen LogP contribution < -0.4 is 4.72 Å². The molecule has 5 nitrogen and oxygen atoms in total. The molecule has 1 aromatic heterocycles. The number of aromatic nitrogens is 1. The summed E-state index contributed by atoms with van der Waals surface area (Å²) in [4.78, 5) is 3.86. The first kappa shape index (κ1) is 12.4. The second kappa shape index (κ2) is 4.91. The minimum absolute atomic E-state index is 0.220. The Morgan fingerprint density at radius 1 is 1.67 bits per heavy atom. The van der Waals surface area contributed by atoms with E-state index in [0.29, 0.717) is 4.47 Å². The average Bonchev–Trinajstić information content (AvgIpc) is 2.20. The van der Waals surface area contributed by atoms with Gasteiger partial charge >= 0.3 is 0 Å². The highest BCUT2D eigenvalue weighted by Crippen LogP contribution is 2.20. The lowest BCUT2D eigenvalue weighted by atomic mass is 10.5. The van der Waals surface area contributed by atoms with Crippen molar-refractivity contribution >= 4 is 31.8 Å². The Morgan fingerprint density at radius 2 is 2.33 bits per heavy atom. The van der Waals surface area contributed by atoms with Gasteiger partial charge in [0, 0.05) is 6.20 Å². The van der Waals surface area contributed by atoms with Crippen molar-refractivity contribution in [1.29, 1.82) is 0 Å². The molecule has 0 aliphatic rings. The van der Waals surface area contributed by atoms with E-state index < -0.39 is 21.9 Å². The molecule has 7 heteroatoms. The van der Waals surface area contributed by atoms with Gasteiger partial charge in [-0.15, -0.1) is 0 Å². The van der Waals surface area contributed by atoms with Crippen LogP contribution in [0.4, 0.5) is 5.82 Å². The molecule has 0 amide bonds. The molecule has 1 rings (SSSR count). The fourth-order valence-electron chi connectivity index (χ4n) is 0.794. The number of aliphatic hydroxyl groups is 1. The van der Waals surface area contributed by atoms with Crippen LogP contribution in [-0.2, 0) is 10.0 Å². The zero-order chi connectivity index (χ0) is 11.5. The van der Waals surface area contributed by atoms with Crippen LogP contribution in [0.15, 0.2) is 22.8 Å². The van der Waals surface area contributed by atoms with Gasteiger partial charge in [0.2, 0.25) is 10.0 Å². The topological polar surface area (TPSA) is 79.3 Å². The third kappa shape index (κ3) is 3.15. The second-order valence-corrected chi connectivity index (χ2v) is 5.93. The molecule has 0 radical (unpaired) electrons. The van der Waals surface area contributed by atoms with Gasteiger partial charge in [0.05, 0.1) is 11.1 Å². The lowest BCUT2D eigenvalue weighted by Crippen LogP contribution is -2.28. The van der Waals surface area contributed by atoms with Crippen molar-refractivity contribution in [3.8, 4) is 0 Å². The number of hydrogen-bond donors (Lipinski definition) is 2. The Morgan fingerprint density at radius 3 is 2.87 bits per heavy atom. The van der Waals surface area contributed by atoms with Crippen LogP contribution in [0.3, 0.4) is 0 Å². The van der Waals surface area contributed by atoms with E-state index >= 15 is 0 Å². The zero-order valence-electron chi connectivity index (χ0n) is 8.01. The summed E-state index contributed by atoms with van der Waals surface area (Å²) < 4.78 is 25.9. The van der Waals surface area contributed by atoms with Gasteiger partial charge in [-0.3, -0.25) is 4.72 Å². The van der Waals surface area contributed by atoms with Crippen LogP contribution in [0.1, 0.15) is 6.92 Å². The standard InChI is InChI=1S/C8H11BrN2O3S/c1-6(5-12)15(13,14)11-8-7(9)3-2-4-10-8/h2-4,6,12H,5H2,1H3,(H,10,11). The van der Waals surface area contributed by atoms with Gasteiger partial charge in [0.25, 0.3) is 0 Å². The van der Waals surface area contributed by atoms with Crippen LogP contribution in [0.25, 0.3) is 0 Å². The molecule has 0 spiro atoms. The molecular weight excluding hydrogens is 284 g/mol. The maximum absolute atomic E-state index is 11.6. The summed E-state index contributed by atoms with van der Waals surface area (Å²) in [6, 6.07) is 3.35. The van der Waals surface area contributed by atoms with Gasteiger partial charge in [-0.1, -0.05) is 0 Å². The van der Waals surface area contributed by atoms with Gasteiger partial charge < -0.3 is 5.11 Å². The summed E-state index contributed by atoms with van der Waals surface area (Å²) in [5.41, 5.74) is 0. The van der Waals surface area contributed by atoms with Crippen molar-refractivity contribution in [3.05, 3.63) is 22.8 Å². The van der Waals surface area contributed by atoms with Crippen LogP contribution >= 0.6 is 15.9 Å². The van der Waals surface area contributed by atoms with Gasteiger partial charge in [0.1, 0.15) is 5.25 Å². The largest absolute Gasteiger partial charge is 0.395 e. The van der Waals surface area contributed by atoms with Gasteiger partial charge in [0.15, 0.2) is 5.82 Å². The summed E-state index contributed by atoms with van der Waals surface area (Å²) in [6.07, 6.45) is 1.48. The number of halogens is 1. The molecule has 2 N–H and O–H groups in total. The van der Waals surface area contributed by atoms with E-state index in [-0.39, 0.29) is 5.82 Å². The smallest absolute Gasteiger partial charge is 0.238 e. The van der Waals surface area contributed by atoms with Crippen LogP contribution in [0, 0.1) is 0 Å². The van der Waals surface area contributed by atoms with Crippen molar-refractivity contribution in [3.63, 3.8) is 0 Å². The molecule has 1 aromatic rings. The highest BCUT2D eigenvalue weighted by Gasteiger charge is 2.20. The number of nitrogens with zero attached hydrogens (tertiary/aromatic N) is 1. The van der Waals surface area contributed by atoms with Gasteiger partial charge in [-0.25, -0.2) is 13.4 Å². The predicted octanol–water partition coefficient (Wildman–Crippen LogP) is 0.967. The fraction of sp³-hybridized carbons (Fsp3) is 0.375. The third-order valence-electron chi connectivity index (χ3n) is 1.78. The number of pyridine rings is 1. The van der Waals surface area contributed by atoms with E-state index in [0.717, 1.165) is 0 Å². The Hall–Kier alpha value is -0.660. The Kier molecular flexibility index (Phi) is 4.06. The molecule has 1 heterocycles. The molecule has 0 bridgehead atoms. The monoisotopic (exact) mass is 294 g/mol. The van der Waals surface area contributed by atoms with Crippen LogP contribution in [0.2, 0.25) is 0 Å². The fourth-order valence-corrected chi connectivity index (χ4v) is 2.11. The SMILES string of the molecule is CC(CO)S(=O)(=O)Nc1ncccc1Br. The van der Waals surface area contributed by atoms with E-state index in [1.807, 2.05) is 0 Å². The van der Waals surface area contributed by atoms with Crippen molar-refractivity contribution < 1.29 is 13.5 Å². The predicted molar refractivity (Wildman–Crippen MR) is 61.0 cm³/mol. The lowest BCUT2D eigenvalue weighted by Gasteiger charge is -2.12. The number of aliphatic hydroxyl groups excluding tert-OH is 1. The van der Waals surface area contributed by atoms with Crippen LogP contribution in [0.5, 0.6) is 0 Å². The summed E-state index contributed by atoms with van der Waals surface area (Å²) in [6.45, 7) is 0.985. The lowest BCUT2D eigenvalue weighted by molar-refractivity contribution is 0.296. The zero-order valence-corrected chi connectivity index (χ0v) is 10.4. The molecule has 84 valence electrons. The number of hydrogen-bond acceptors (Lipinski definition) is 4. The van der Waals surface area contributed by atoms with Crippen molar-refractivity contribution in [1.82, 2.24) is 4.98 Å². The molecule has 15 heavy (non-hydrogen) atoms. The van der Waals surface area contributed by atoms with E-state index in [9.17, 15) is 8.42 Å². The first-order valence-electron chi connectivity index (χ1n) is 4.20. The molecule has 0 aromatic carbocycles. The number of rotatable bonds is 4. The van der Waals surface area contributed by atoms with E-state index in [1.165, 1.54) is 13.1 Å². The Bertz CT molecular complexity index is 435. The highest BCUT2D eigenvalue weighted by atomic mass is 79.9. The molecule has 0 saturated carbocycles. The van der Waals surface area contributed by atoms with Crippen molar-refractivity contribution in [2.75, 3.05) is 11.3 Å². The quantitative estimate of drug-likeness (QED) is 0.867. The number of nitrogens with one attached hydrogen (secondary N) is 1. The molecule has 0 aliphatic heterocycles. The van der Waals surface area contributed by atoms with Gasteiger partial charge in [-0.05, 0) is 35.0 Å². The van der Waals surface area contributed by atoms with Crippen molar-refractivity contribution in [2.45, 2.75) is 12.2 Å². The second-order valence-electron chi connectivity index (χ2n) is 2.97. The summed E-state index contributed by atoms with van der Waals surface area (Å²) in [5, 5.41) is 7.90. The summed E-state index contributed by atoms with van der Waals surface area (Å²) in [5.74, 6) is 0.220. The van der Waals surface area contributed by atoms with E-state index in [4.69, 9.17) is 5.11 Å². The number of anilines is 1. The highest BCUT2D eigenvalue weighted by molar-refractivity contribution is 9.10. The maximum atomic E-state index is 11.6. The molecule has 0 fully saturated rings. The first-order valence-corrected chi connectivity index (χ1v) is 6.54. The minimum Gasteiger partial charge on any atom is -0.395 e. The maximum Gasteiger partial charge on any atom is 0.238 e. The van der Waals surface area contributed by atoms with E-state index in [1.54, 1.807) is 12.1 Å². The minimum atomic E-state index is -3.58. The number of sulfonamides is 1. The van der Waals surface area contributed by atoms with E-state index in [2.05, 4.69) is 25.6 Å².